The van der Waals surface area contributed by atoms with Crippen molar-refractivity contribution in [2.75, 3.05) is 0 Å². The summed E-state index contributed by atoms with van der Waals surface area (Å²) < 4.78 is 0. The van der Waals surface area contributed by atoms with Crippen LogP contribution in [0.1, 0.15) is 78.6 Å². The third-order valence-corrected chi connectivity index (χ3v) is 9.08. The second-order valence-electron chi connectivity index (χ2n) is 9.88. The van der Waals surface area contributed by atoms with Crippen LogP contribution >= 0.6 is 0 Å². The Labute approximate surface area is 141 Å². The largest absolute Gasteiger partial charge is 0.393 e. The lowest BCUT2D eigenvalue weighted by molar-refractivity contribution is -0.139. The predicted octanol–water partition coefficient (Wildman–Crippen LogP) is 4.60. The molecule has 4 saturated carbocycles. The molecule has 4 rings (SSSR count). The first-order valence-electron chi connectivity index (χ1n) is 10.0. The van der Waals surface area contributed by atoms with Gasteiger partial charge < -0.3 is 5.11 Å². The van der Waals surface area contributed by atoms with Gasteiger partial charge in [0.05, 0.1) is 6.10 Å². The lowest BCUT2D eigenvalue weighted by atomic mass is 9.44. The minimum Gasteiger partial charge on any atom is -0.393 e. The van der Waals surface area contributed by atoms with Crippen LogP contribution in [-0.4, -0.2) is 17.0 Å². The van der Waals surface area contributed by atoms with E-state index in [0.29, 0.717) is 17.1 Å². The average Bonchev–Trinajstić information content (AvgIpc) is 2.83. The summed E-state index contributed by atoms with van der Waals surface area (Å²) in [7, 11) is 0. The van der Waals surface area contributed by atoms with Crippen molar-refractivity contribution in [3.05, 3.63) is 0 Å². The molecule has 4 fully saturated rings. The van der Waals surface area contributed by atoms with Crippen LogP contribution in [0.5, 0.6) is 0 Å². The van der Waals surface area contributed by atoms with Crippen molar-refractivity contribution in [1.29, 1.82) is 0 Å². The van der Waals surface area contributed by atoms with E-state index in [-0.39, 0.29) is 11.5 Å². The smallest absolute Gasteiger partial charge is 0.133 e. The molecule has 1 N–H and O–H groups in total. The number of aliphatic hydroxyl groups is 1. The van der Waals surface area contributed by atoms with Crippen LogP contribution in [0.25, 0.3) is 0 Å². The highest BCUT2D eigenvalue weighted by atomic mass is 16.3. The summed E-state index contributed by atoms with van der Waals surface area (Å²) in [5.41, 5.74) is 0.625. The van der Waals surface area contributed by atoms with Gasteiger partial charge in [0.2, 0.25) is 0 Å². The molecule has 8 atom stereocenters. The Bertz CT molecular complexity index is 500. The van der Waals surface area contributed by atoms with E-state index in [2.05, 4.69) is 13.8 Å². The Morgan fingerprint density at radius 1 is 0.913 bits per heavy atom. The van der Waals surface area contributed by atoms with Crippen molar-refractivity contribution in [2.24, 2.45) is 40.4 Å². The molecule has 0 aromatic heterocycles. The Hall–Kier alpha value is -0.370. The van der Waals surface area contributed by atoms with Gasteiger partial charge in [-0.2, -0.15) is 0 Å². The first-order chi connectivity index (χ1) is 10.9. The van der Waals surface area contributed by atoms with E-state index in [4.69, 9.17) is 0 Å². The number of aliphatic hydroxyl groups excluding tert-OH is 1. The molecule has 2 nitrogen and oxygen atoms in total. The number of Topliss-reactive ketones (excluding diaryl/α,β-unsaturated/α-hetero) is 1. The standard InChI is InChI=1S/C21H34O2/c1-13(22)17-8-9-18-16-7-5-14-4-6-15(23)12-21(14,3)19(16)10-11-20(17,18)2/h14-19,23H,4-12H2,1-3H3. The average molecular weight is 319 g/mol. The van der Waals surface area contributed by atoms with Gasteiger partial charge in [-0.15, -0.1) is 0 Å². The highest BCUT2D eigenvalue weighted by molar-refractivity contribution is 5.79. The molecule has 0 amide bonds. The molecule has 4 aliphatic rings. The van der Waals surface area contributed by atoms with Gasteiger partial charge in [0.25, 0.3) is 0 Å². The molecule has 0 aromatic carbocycles. The lowest BCUT2D eigenvalue weighted by Crippen LogP contribution is -2.54. The van der Waals surface area contributed by atoms with Crippen LogP contribution in [0.4, 0.5) is 0 Å². The number of fused-ring (bicyclic) bond motifs is 5. The molecule has 0 bridgehead atoms. The molecule has 0 heterocycles. The Morgan fingerprint density at radius 3 is 2.35 bits per heavy atom. The Balaban J connectivity index is 1.63. The molecule has 8 unspecified atom stereocenters. The maximum atomic E-state index is 12.2. The molecule has 2 heteroatoms. The molecule has 0 aliphatic heterocycles. The fourth-order valence-electron chi connectivity index (χ4n) is 8.00. The summed E-state index contributed by atoms with van der Waals surface area (Å²) in [6, 6.07) is 0. The van der Waals surface area contributed by atoms with Gasteiger partial charge in [-0.3, -0.25) is 4.79 Å². The van der Waals surface area contributed by atoms with Crippen molar-refractivity contribution in [1.82, 2.24) is 0 Å². The monoisotopic (exact) mass is 318 g/mol. The first-order valence-corrected chi connectivity index (χ1v) is 10.0. The summed E-state index contributed by atoms with van der Waals surface area (Å²) in [5, 5.41) is 10.3. The summed E-state index contributed by atoms with van der Waals surface area (Å²) in [6.45, 7) is 6.74. The fourth-order valence-corrected chi connectivity index (χ4v) is 8.00. The van der Waals surface area contributed by atoms with Crippen molar-refractivity contribution in [2.45, 2.75) is 84.7 Å². The molecular weight excluding hydrogens is 284 g/mol. The molecule has 0 saturated heterocycles. The molecule has 130 valence electrons. The van der Waals surface area contributed by atoms with Crippen molar-refractivity contribution >= 4 is 5.78 Å². The fraction of sp³-hybridized carbons (Fsp3) is 0.952. The summed E-state index contributed by atoms with van der Waals surface area (Å²) in [5.74, 6) is 3.94. The van der Waals surface area contributed by atoms with Gasteiger partial charge in [-0.05, 0) is 99.2 Å². The number of carbonyl (C=O) groups is 1. The molecule has 23 heavy (non-hydrogen) atoms. The van der Waals surface area contributed by atoms with Crippen LogP contribution in [0, 0.1) is 40.4 Å². The molecule has 0 radical (unpaired) electrons. The second kappa shape index (κ2) is 5.31. The van der Waals surface area contributed by atoms with E-state index >= 15 is 0 Å². The Morgan fingerprint density at radius 2 is 1.61 bits per heavy atom. The number of hydrogen-bond donors (Lipinski definition) is 1. The number of rotatable bonds is 1. The van der Waals surface area contributed by atoms with Crippen molar-refractivity contribution in [3.8, 4) is 0 Å². The zero-order chi connectivity index (χ0) is 16.4. The van der Waals surface area contributed by atoms with Crippen LogP contribution in [-0.2, 0) is 4.79 Å². The molecular formula is C21H34O2. The third-order valence-electron chi connectivity index (χ3n) is 9.08. The highest BCUT2D eigenvalue weighted by Crippen LogP contribution is 2.67. The first kappa shape index (κ1) is 16.1. The van der Waals surface area contributed by atoms with E-state index in [9.17, 15) is 9.90 Å². The number of ketones is 1. The number of hydrogen-bond acceptors (Lipinski definition) is 2. The maximum absolute atomic E-state index is 12.2. The predicted molar refractivity (Wildman–Crippen MR) is 91.9 cm³/mol. The van der Waals surface area contributed by atoms with Gasteiger partial charge in [-0.25, -0.2) is 0 Å². The molecule has 0 aromatic rings. The third kappa shape index (κ3) is 2.19. The van der Waals surface area contributed by atoms with Gasteiger partial charge in [0.15, 0.2) is 0 Å². The van der Waals surface area contributed by atoms with Crippen LogP contribution in [0.2, 0.25) is 0 Å². The van der Waals surface area contributed by atoms with Gasteiger partial charge in [0.1, 0.15) is 5.78 Å². The van der Waals surface area contributed by atoms with Crippen LogP contribution in [0.3, 0.4) is 0 Å². The molecule has 0 spiro atoms. The topological polar surface area (TPSA) is 37.3 Å². The van der Waals surface area contributed by atoms with Crippen LogP contribution in [0.15, 0.2) is 0 Å². The van der Waals surface area contributed by atoms with E-state index in [0.717, 1.165) is 42.9 Å². The van der Waals surface area contributed by atoms with E-state index < -0.39 is 0 Å². The molecule has 4 aliphatic carbocycles. The van der Waals surface area contributed by atoms with Crippen LogP contribution < -0.4 is 0 Å². The highest BCUT2D eigenvalue weighted by Gasteiger charge is 2.60. The quantitative estimate of drug-likeness (QED) is 0.767. The van der Waals surface area contributed by atoms with E-state index in [1.54, 1.807) is 0 Å². The number of carbonyl (C=O) groups excluding carboxylic acids is 1. The van der Waals surface area contributed by atoms with E-state index in [1.807, 2.05) is 6.92 Å². The van der Waals surface area contributed by atoms with Crippen molar-refractivity contribution < 1.29 is 9.90 Å². The van der Waals surface area contributed by atoms with Crippen molar-refractivity contribution in [3.63, 3.8) is 0 Å². The van der Waals surface area contributed by atoms with Gasteiger partial charge >= 0.3 is 0 Å². The zero-order valence-corrected chi connectivity index (χ0v) is 15.2. The minimum atomic E-state index is -0.0724. The summed E-state index contributed by atoms with van der Waals surface area (Å²) >= 11 is 0. The summed E-state index contributed by atoms with van der Waals surface area (Å²) in [4.78, 5) is 12.2. The SMILES string of the molecule is CC(=O)C1CCC2C3CCC4CCC(O)CC4(C)C3CCC12C. The zero-order valence-electron chi connectivity index (χ0n) is 15.2. The lowest BCUT2D eigenvalue weighted by Gasteiger charge is -2.61. The normalized spacial score (nSPS) is 55.7. The minimum absolute atomic E-state index is 0.0724. The van der Waals surface area contributed by atoms with Gasteiger partial charge in [-0.1, -0.05) is 13.8 Å². The van der Waals surface area contributed by atoms with E-state index in [1.165, 1.54) is 38.5 Å². The second-order valence-corrected chi connectivity index (χ2v) is 9.88. The summed E-state index contributed by atoms with van der Waals surface area (Å²) in [6.07, 6.45) is 10.9. The Kier molecular flexibility index (Phi) is 3.72. The van der Waals surface area contributed by atoms with Gasteiger partial charge in [0, 0.05) is 5.92 Å². The maximum Gasteiger partial charge on any atom is 0.133 e.